The molecule has 5 aromatic rings. The fourth-order valence-electron chi connectivity index (χ4n) is 4.32. The number of aromatic nitrogens is 3. The van der Waals surface area contributed by atoms with Gasteiger partial charge in [0.15, 0.2) is 23.1 Å². The van der Waals surface area contributed by atoms with E-state index in [4.69, 9.17) is 19.9 Å². The van der Waals surface area contributed by atoms with Gasteiger partial charge in [-0.25, -0.2) is 9.37 Å². The standard InChI is InChI=1S/C29H25FN4O4/c1-34-28(25(31)17-7-5-4-6-8-17)33-16-20(29(34)35)18-9-11-23(21(30)15-18)38-22-13-14-32-26-19(22)10-12-24(36-2)27(26)37-3/h4-16,25H,31H2,1-3H3. The molecule has 8 nitrogen and oxygen atoms in total. The highest BCUT2D eigenvalue weighted by molar-refractivity contribution is 5.92. The molecule has 1 atom stereocenters. The number of halogens is 1. The highest BCUT2D eigenvalue weighted by Gasteiger charge is 2.19. The van der Waals surface area contributed by atoms with Crippen molar-refractivity contribution in [3.8, 4) is 34.1 Å². The zero-order valence-electron chi connectivity index (χ0n) is 21.0. The second-order valence-corrected chi connectivity index (χ2v) is 8.54. The van der Waals surface area contributed by atoms with Crippen molar-refractivity contribution in [3.63, 3.8) is 0 Å². The lowest BCUT2D eigenvalue weighted by molar-refractivity contribution is 0.358. The van der Waals surface area contributed by atoms with Gasteiger partial charge in [-0.05, 0) is 41.5 Å². The monoisotopic (exact) mass is 512 g/mol. The molecule has 0 bridgehead atoms. The molecule has 0 fully saturated rings. The number of nitrogens with two attached hydrogens (primary N) is 1. The Hall–Kier alpha value is -4.76. The first-order valence-electron chi connectivity index (χ1n) is 11.8. The minimum atomic E-state index is -0.639. The molecule has 5 rings (SSSR count). The van der Waals surface area contributed by atoms with Gasteiger partial charge in [0.05, 0.1) is 25.8 Å². The highest BCUT2D eigenvalue weighted by atomic mass is 19.1. The van der Waals surface area contributed by atoms with Gasteiger partial charge in [0.25, 0.3) is 5.56 Å². The summed E-state index contributed by atoms with van der Waals surface area (Å²) in [7, 11) is 4.66. The van der Waals surface area contributed by atoms with Gasteiger partial charge in [0.1, 0.15) is 17.1 Å². The summed E-state index contributed by atoms with van der Waals surface area (Å²) in [6.07, 6.45) is 2.97. The summed E-state index contributed by atoms with van der Waals surface area (Å²) in [5, 5.41) is 0.622. The first-order chi connectivity index (χ1) is 18.4. The number of hydrogen-bond acceptors (Lipinski definition) is 7. The average molecular weight is 513 g/mol. The van der Waals surface area contributed by atoms with Crippen LogP contribution in [0.2, 0.25) is 0 Å². The van der Waals surface area contributed by atoms with Crippen LogP contribution < -0.4 is 25.5 Å². The maximum Gasteiger partial charge on any atom is 0.261 e. The summed E-state index contributed by atoms with van der Waals surface area (Å²) in [5.41, 5.74) is 7.97. The molecule has 0 amide bonds. The molecule has 0 saturated carbocycles. The zero-order chi connectivity index (χ0) is 26.8. The van der Waals surface area contributed by atoms with E-state index in [1.807, 2.05) is 30.3 Å². The molecule has 192 valence electrons. The van der Waals surface area contributed by atoms with Gasteiger partial charge < -0.3 is 19.9 Å². The molecule has 0 saturated heterocycles. The average Bonchev–Trinajstić information content (AvgIpc) is 2.95. The van der Waals surface area contributed by atoms with Crippen LogP contribution in [0, 0.1) is 5.82 Å². The van der Waals surface area contributed by atoms with Crippen molar-refractivity contribution in [1.29, 1.82) is 0 Å². The van der Waals surface area contributed by atoms with Crippen molar-refractivity contribution in [2.45, 2.75) is 6.04 Å². The minimum absolute atomic E-state index is 0.0106. The third kappa shape index (κ3) is 4.44. The smallest absolute Gasteiger partial charge is 0.261 e. The fourth-order valence-corrected chi connectivity index (χ4v) is 4.32. The summed E-state index contributed by atoms with van der Waals surface area (Å²) in [4.78, 5) is 22.0. The molecule has 38 heavy (non-hydrogen) atoms. The Labute approximate surface area is 218 Å². The molecule has 2 aromatic heterocycles. The van der Waals surface area contributed by atoms with E-state index in [-0.39, 0.29) is 16.9 Å². The van der Waals surface area contributed by atoms with Crippen LogP contribution in [-0.2, 0) is 7.05 Å². The van der Waals surface area contributed by atoms with Gasteiger partial charge in [-0.15, -0.1) is 0 Å². The van der Waals surface area contributed by atoms with Crippen LogP contribution in [0.3, 0.4) is 0 Å². The predicted octanol–water partition coefficient (Wildman–Crippen LogP) is 4.99. The summed E-state index contributed by atoms with van der Waals surface area (Å²) < 4.78 is 33.3. The second kappa shape index (κ2) is 10.3. The Balaban J connectivity index is 1.47. The largest absolute Gasteiger partial charge is 0.493 e. The van der Waals surface area contributed by atoms with Crippen molar-refractivity contribution in [1.82, 2.24) is 14.5 Å². The van der Waals surface area contributed by atoms with E-state index in [1.54, 1.807) is 37.5 Å². The number of benzene rings is 3. The number of methoxy groups -OCH3 is 2. The van der Waals surface area contributed by atoms with Crippen molar-refractivity contribution >= 4 is 10.9 Å². The Morgan fingerprint density at radius 1 is 0.921 bits per heavy atom. The summed E-state index contributed by atoms with van der Waals surface area (Å²) in [6, 6.07) is 18.3. The number of fused-ring (bicyclic) bond motifs is 1. The van der Waals surface area contributed by atoms with Gasteiger partial charge in [-0.2, -0.15) is 0 Å². The van der Waals surface area contributed by atoms with E-state index < -0.39 is 11.9 Å². The first-order valence-corrected chi connectivity index (χ1v) is 11.8. The molecule has 0 spiro atoms. The van der Waals surface area contributed by atoms with Crippen molar-refractivity contribution < 1.29 is 18.6 Å². The van der Waals surface area contributed by atoms with Crippen LogP contribution in [0.4, 0.5) is 4.39 Å². The van der Waals surface area contributed by atoms with Crippen LogP contribution in [-0.4, -0.2) is 28.8 Å². The highest BCUT2D eigenvalue weighted by Crippen LogP contribution is 2.39. The molecular formula is C29H25FN4O4. The number of hydrogen-bond donors (Lipinski definition) is 1. The van der Waals surface area contributed by atoms with Gasteiger partial charge in [-0.1, -0.05) is 36.4 Å². The third-order valence-electron chi connectivity index (χ3n) is 6.32. The van der Waals surface area contributed by atoms with Crippen LogP contribution in [0.1, 0.15) is 17.4 Å². The van der Waals surface area contributed by atoms with Crippen LogP contribution in [0.25, 0.3) is 22.0 Å². The van der Waals surface area contributed by atoms with E-state index in [2.05, 4.69) is 9.97 Å². The molecule has 0 aliphatic carbocycles. The quantitative estimate of drug-likeness (QED) is 0.328. The first kappa shape index (κ1) is 24.9. The summed E-state index contributed by atoms with van der Waals surface area (Å²) in [5.74, 6) is 1.11. The van der Waals surface area contributed by atoms with E-state index in [1.165, 1.54) is 37.1 Å². The predicted molar refractivity (Wildman–Crippen MR) is 142 cm³/mol. The molecule has 2 heterocycles. The molecule has 3 aromatic carbocycles. The Bertz CT molecular complexity index is 1690. The van der Waals surface area contributed by atoms with Crippen molar-refractivity contribution in [2.75, 3.05) is 14.2 Å². The van der Waals surface area contributed by atoms with Crippen molar-refractivity contribution in [3.05, 3.63) is 107 Å². The molecule has 1 unspecified atom stereocenters. The Kier molecular flexibility index (Phi) is 6.76. The number of pyridine rings is 1. The number of ether oxygens (including phenoxy) is 3. The lowest BCUT2D eigenvalue weighted by atomic mass is 10.1. The lowest BCUT2D eigenvalue weighted by Crippen LogP contribution is -2.28. The van der Waals surface area contributed by atoms with Gasteiger partial charge in [-0.3, -0.25) is 14.3 Å². The number of nitrogens with zero attached hydrogens (tertiary/aromatic N) is 3. The SMILES string of the molecule is COc1ccc2c(Oc3ccc(-c4cnc(C(N)c5ccccc5)n(C)c4=O)cc3F)ccnc2c1OC. The van der Waals surface area contributed by atoms with Crippen molar-refractivity contribution in [2.24, 2.45) is 12.8 Å². The van der Waals surface area contributed by atoms with E-state index >= 15 is 4.39 Å². The minimum Gasteiger partial charge on any atom is -0.493 e. The lowest BCUT2D eigenvalue weighted by Gasteiger charge is -2.16. The van der Waals surface area contributed by atoms with E-state index in [0.717, 1.165) is 5.56 Å². The topological polar surface area (TPSA) is 101 Å². The van der Waals surface area contributed by atoms with E-state index in [9.17, 15) is 4.79 Å². The van der Waals surface area contributed by atoms with Gasteiger partial charge in [0, 0.05) is 24.8 Å². The Morgan fingerprint density at radius 3 is 2.39 bits per heavy atom. The fraction of sp³-hybridized carbons (Fsp3) is 0.138. The van der Waals surface area contributed by atoms with Crippen LogP contribution in [0.15, 0.2) is 83.9 Å². The molecule has 0 aliphatic heterocycles. The zero-order valence-corrected chi connectivity index (χ0v) is 21.0. The Morgan fingerprint density at radius 2 is 1.68 bits per heavy atom. The van der Waals surface area contributed by atoms with E-state index in [0.29, 0.717) is 39.5 Å². The molecule has 0 radical (unpaired) electrons. The van der Waals surface area contributed by atoms with Gasteiger partial charge in [0.2, 0.25) is 0 Å². The van der Waals surface area contributed by atoms with Crippen LogP contribution >= 0.6 is 0 Å². The molecule has 0 aliphatic rings. The maximum absolute atomic E-state index is 15.2. The maximum atomic E-state index is 15.2. The second-order valence-electron chi connectivity index (χ2n) is 8.54. The normalized spacial score (nSPS) is 11.8. The third-order valence-corrected chi connectivity index (χ3v) is 6.32. The molecular weight excluding hydrogens is 487 g/mol. The summed E-state index contributed by atoms with van der Waals surface area (Å²) >= 11 is 0. The van der Waals surface area contributed by atoms with Crippen LogP contribution in [0.5, 0.6) is 23.0 Å². The molecule has 2 N–H and O–H groups in total. The summed E-state index contributed by atoms with van der Waals surface area (Å²) in [6.45, 7) is 0. The van der Waals surface area contributed by atoms with Gasteiger partial charge >= 0.3 is 0 Å². The molecule has 9 heteroatoms. The number of rotatable bonds is 7.